The van der Waals surface area contributed by atoms with E-state index in [9.17, 15) is 40.9 Å². The fraction of sp³-hybridized carbons (Fsp3) is 1.00. The van der Waals surface area contributed by atoms with E-state index in [2.05, 4.69) is 13.8 Å². The van der Waals surface area contributed by atoms with Crippen molar-refractivity contribution in [3.63, 3.8) is 0 Å². The third kappa shape index (κ3) is 26.2. The van der Waals surface area contributed by atoms with Gasteiger partial charge in [0.05, 0.1) is 52.9 Å². The predicted octanol–water partition coefficient (Wildman–Crippen LogP) is 4.83. The van der Waals surface area contributed by atoms with E-state index in [4.69, 9.17) is 37.9 Å². The predicted molar refractivity (Wildman–Crippen MR) is 243 cm³/mol. The third-order valence-electron chi connectivity index (χ3n) is 12.2. The van der Waals surface area contributed by atoms with E-state index in [1.165, 1.54) is 116 Å². The minimum atomic E-state index is -1.58. The topological polar surface area (TPSA) is 236 Å². The molecule has 64 heavy (non-hydrogen) atoms. The molecular formula is C48H94O16. The molecule has 16 heteroatoms. The molecule has 12 atom stereocenters. The zero-order valence-electron chi connectivity index (χ0n) is 39.8. The molecule has 0 aromatic carbocycles. The van der Waals surface area contributed by atoms with Gasteiger partial charge in [-0.3, -0.25) is 0 Å². The minimum Gasteiger partial charge on any atom is -0.394 e. The first-order chi connectivity index (χ1) is 31.2. The van der Waals surface area contributed by atoms with Gasteiger partial charge < -0.3 is 78.7 Å². The van der Waals surface area contributed by atoms with Gasteiger partial charge in [-0.1, -0.05) is 155 Å². The second-order valence-corrected chi connectivity index (χ2v) is 18.0. The number of ether oxygens (including phenoxy) is 8. The Balaban J connectivity index is 1.80. The average Bonchev–Trinajstić information content (AvgIpc) is 3.30. The van der Waals surface area contributed by atoms with E-state index in [1.54, 1.807) is 0 Å². The summed E-state index contributed by atoms with van der Waals surface area (Å²) in [4.78, 5) is 0. The van der Waals surface area contributed by atoms with Gasteiger partial charge in [-0.25, -0.2) is 0 Å². The lowest BCUT2D eigenvalue weighted by Gasteiger charge is -2.40. The number of unbranched alkanes of at least 4 members (excludes halogenated alkanes) is 22. The Morgan fingerprint density at radius 2 is 0.609 bits per heavy atom. The van der Waals surface area contributed by atoms with E-state index in [1.807, 2.05) is 0 Å². The van der Waals surface area contributed by atoms with E-state index >= 15 is 0 Å². The second-order valence-electron chi connectivity index (χ2n) is 18.0. The molecule has 0 aromatic rings. The lowest BCUT2D eigenvalue weighted by molar-refractivity contribution is -0.317. The number of aliphatic hydroxyl groups excluding tert-OH is 8. The van der Waals surface area contributed by atoms with E-state index in [-0.39, 0.29) is 39.6 Å². The Labute approximate surface area is 385 Å². The van der Waals surface area contributed by atoms with Gasteiger partial charge >= 0.3 is 0 Å². The molecule has 2 rings (SSSR count). The van der Waals surface area contributed by atoms with Crippen LogP contribution in [0.1, 0.15) is 168 Å². The highest BCUT2D eigenvalue weighted by atomic mass is 16.7. The van der Waals surface area contributed by atoms with Gasteiger partial charge in [0.15, 0.2) is 12.6 Å². The molecule has 0 bridgehead atoms. The maximum absolute atomic E-state index is 10.6. The van der Waals surface area contributed by atoms with Crippen LogP contribution in [0, 0.1) is 0 Å². The van der Waals surface area contributed by atoms with Crippen LogP contribution in [0.15, 0.2) is 0 Å². The Kier molecular flexibility index (Phi) is 36.5. The zero-order chi connectivity index (χ0) is 46.6. The van der Waals surface area contributed by atoms with Gasteiger partial charge in [-0.2, -0.15) is 0 Å². The van der Waals surface area contributed by atoms with Crippen LogP contribution >= 0.6 is 0 Å². The number of hydrogen-bond acceptors (Lipinski definition) is 16. The Hall–Kier alpha value is -0.640. The van der Waals surface area contributed by atoms with E-state index in [0.29, 0.717) is 13.2 Å². The van der Waals surface area contributed by atoms with Gasteiger partial charge in [-0.05, 0) is 12.8 Å². The molecule has 16 nitrogen and oxygen atoms in total. The SMILES string of the molecule is CCCCCCCCCCCCCCOCC(COCCOCC(COCCCCCCCCCCCCCC)O[C@@H]1O[C@H](CO)[C@@H](O)[C@H](O)[C@H]1O)O[C@@H]1O[C@H](CO)[C@@H](O)[C@H](O)[C@H]1O. The smallest absolute Gasteiger partial charge is 0.187 e. The molecule has 2 saturated heterocycles. The Morgan fingerprint density at radius 1 is 0.344 bits per heavy atom. The quantitative estimate of drug-likeness (QED) is 0.0383. The normalized spacial score (nSPS) is 27.3. The van der Waals surface area contributed by atoms with Crippen LogP contribution in [-0.4, -0.2) is 181 Å². The number of hydrogen-bond donors (Lipinski definition) is 8. The first-order valence-electron chi connectivity index (χ1n) is 25.4. The lowest BCUT2D eigenvalue weighted by Crippen LogP contribution is -2.60. The molecule has 0 saturated carbocycles. The highest BCUT2D eigenvalue weighted by Crippen LogP contribution is 2.25. The van der Waals surface area contributed by atoms with Crippen LogP contribution in [-0.2, 0) is 37.9 Å². The molecule has 0 radical (unpaired) electrons. The highest BCUT2D eigenvalue weighted by Gasteiger charge is 2.46. The van der Waals surface area contributed by atoms with Crippen molar-refractivity contribution in [2.75, 3.05) is 66.1 Å². The monoisotopic (exact) mass is 927 g/mol. The van der Waals surface area contributed by atoms with Gasteiger partial charge in [0.1, 0.15) is 61.0 Å². The largest absolute Gasteiger partial charge is 0.394 e. The van der Waals surface area contributed by atoms with E-state index < -0.39 is 86.8 Å². The van der Waals surface area contributed by atoms with Gasteiger partial charge in [0.25, 0.3) is 0 Å². The standard InChI is InChI=1S/C48H94O16/c1-3-5-7-9-11-13-15-17-19-21-23-25-27-57-33-37(61-47-45(55)43(53)41(51)39(31-49)63-47)35-59-29-30-60-36-38(62-48-46(56)44(54)42(52)40(32-50)64-48)34-58-28-26-24-22-20-18-16-14-12-10-8-6-4-2/h37-56H,3-36H2,1-2H3/t37?,38?,39-,40-,41-,42-,43+,44+,45-,46-,47-,48-/m1/s1. The first kappa shape index (κ1) is 59.5. The molecule has 0 aromatic heterocycles. The van der Waals surface area contributed by atoms with Gasteiger partial charge in [-0.15, -0.1) is 0 Å². The fourth-order valence-corrected chi connectivity index (χ4v) is 8.06. The summed E-state index contributed by atoms with van der Waals surface area (Å²) >= 11 is 0. The summed E-state index contributed by atoms with van der Waals surface area (Å²) in [5, 5.41) is 81.6. The van der Waals surface area contributed by atoms with Crippen molar-refractivity contribution in [1.82, 2.24) is 0 Å². The van der Waals surface area contributed by atoms with Crippen molar-refractivity contribution < 1.29 is 78.7 Å². The van der Waals surface area contributed by atoms with Crippen molar-refractivity contribution >= 4 is 0 Å². The minimum absolute atomic E-state index is 0.0176. The van der Waals surface area contributed by atoms with Crippen molar-refractivity contribution in [2.45, 2.75) is 242 Å². The molecule has 2 fully saturated rings. The molecule has 2 heterocycles. The van der Waals surface area contributed by atoms with Crippen LogP contribution in [0.5, 0.6) is 0 Å². The molecule has 8 N–H and O–H groups in total. The lowest BCUT2D eigenvalue weighted by atomic mass is 9.99. The fourth-order valence-electron chi connectivity index (χ4n) is 8.06. The number of rotatable bonds is 43. The molecule has 2 aliphatic rings. The van der Waals surface area contributed by atoms with Crippen molar-refractivity contribution in [1.29, 1.82) is 0 Å². The Morgan fingerprint density at radius 3 is 0.891 bits per heavy atom. The van der Waals surface area contributed by atoms with Crippen molar-refractivity contribution in [3.05, 3.63) is 0 Å². The molecule has 0 amide bonds. The Bertz CT molecular complexity index is 950. The maximum Gasteiger partial charge on any atom is 0.187 e. The first-order valence-corrected chi connectivity index (χ1v) is 25.4. The van der Waals surface area contributed by atoms with Crippen LogP contribution in [0.3, 0.4) is 0 Å². The molecule has 2 unspecified atom stereocenters. The molecule has 0 spiro atoms. The summed E-state index contributed by atoms with van der Waals surface area (Å²) < 4.78 is 46.8. The summed E-state index contributed by atoms with van der Waals surface area (Å²) in [5.41, 5.74) is 0. The third-order valence-corrected chi connectivity index (χ3v) is 12.2. The van der Waals surface area contributed by atoms with Gasteiger partial charge in [0.2, 0.25) is 0 Å². The zero-order valence-corrected chi connectivity index (χ0v) is 39.8. The highest BCUT2D eigenvalue weighted by molar-refractivity contribution is 4.90. The summed E-state index contributed by atoms with van der Waals surface area (Å²) in [7, 11) is 0. The van der Waals surface area contributed by atoms with Crippen molar-refractivity contribution in [3.8, 4) is 0 Å². The second kappa shape index (κ2) is 39.2. The summed E-state index contributed by atoms with van der Waals surface area (Å²) in [6.45, 7) is 4.84. The summed E-state index contributed by atoms with van der Waals surface area (Å²) in [6.07, 6.45) is 13.8. The van der Waals surface area contributed by atoms with Gasteiger partial charge in [0, 0.05) is 13.2 Å². The van der Waals surface area contributed by atoms with Crippen molar-refractivity contribution in [2.24, 2.45) is 0 Å². The van der Waals surface area contributed by atoms with E-state index in [0.717, 1.165) is 38.5 Å². The van der Waals surface area contributed by atoms with Crippen LogP contribution in [0.2, 0.25) is 0 Å². The van der Waals surface area contributed by atoms with Crippen LogP contribution in [0.25, 0.3) is 0 Å². The summed E-state index contributed by atoms with van der Waals surface area (Å²) in [6, 6.07) is 0. The van der Waals surface area contributed by atoms with Crippen LogP contribution < -0.4 is 0 Å². The average molecular weight is 927 g/mol. The molecule has 382 valence electrons. The molecular weight excluding hydrogens is 833 g/mol. The maximum atomic E-state index is 10.6. The van der Waals surface area contributed by atoms with Crippen LogP contribution in [0.4, 0.5) is 0 Å². The number of aliphatic hydroxyl groups is 8. The molecule has 0 aliphatic carbocycles. The molecule has 2 aliphatic heterocycles. The summed E-state index contributed by atoms with van der Waals surface area (Å²) in [5.74, 6) is 0.